The van der Waals surface area contributed by atoms with Gasteiger partial charge >= 0.3 is 0 Å². The van der Waals surface area contributed by atoms with Crippen molar-refractivity contribution in [2.24, 2.45) is 5.92 Å². The zero-order valence-corrected chi connectivity index (χ0v) is 16.1. The fourth-order valence-corrected chi connectivity index (χ4v) is 3.60. The highest BCUT2D eigenvalue weighted by Crippen LogP contribution is 2.50. The van der Waals surface area contributed by atoms with Crippen molar-refractivity contribution in [3.05, 3.63) is 82.2 Å². The van der Waals surface area contributed by atoms with Crippen molar-refractivity contribution in [2.75, 3.05) is 10.6 Å². The Kier molecular flexibility index (Phi) is 5.11. The van der Waals surface area contributed by atoms with Gasteiger partial charge in [-0.05, 0) is 54.3 Å². The van der Waals surface area contributed by atoms with Gasteiger partial charge in [-0.1, -0.05) is 41.4 Å². The molecule has 2 atom stereocenters. The van der Waals surface area contributed by atoms with Crippen LogP contribution < -0.4 is 10.6 Å². The molecule has 3 aromatic rings. The summed E-state index contributed by atoms with van der Waals surface area (Å²) in [5.41, 5.74) is 1.85. The maximum absolute atomic E-state index is 12.7. The first-order chi connectivity index (χ1) is 13.5. The maximum atomic E-state index is 12.7. The second kappa shape index (κ2) is 7.70. The number of nitrogens with one attached hydrogen (secondary N) is 2. The molecule has 1 aromatic heterocycles. The highest BCUT2D eigenvalue weighted by Gasteiger charge is 2.44. The van der Waals surface area contributed by atoms with Crippen LogP contribution in [0, 0.1) is 5.92 Å². The van der Waals surface area contributed by atoms with Crippen LogP contribution in [0.1, 0.15) is 28.5 Å². The molecule has 28 heavy (non-hydrogen) atoms. The number of amides is 2. The molecule has 1 aliphatic carbocycles. The quantitative estimate of drug-likeness (QED) is 0.572. The third-order valence-electron chi connectivity index (χ3n) is 4.66. The van der Waals surface area contributed by atoms with Crippen molar-refractivity contribution in [3.8, 4) is 0 Å². The third-order valence-corrected chi connectivity index (χ3v) is 5.24. The Morgan fingerprint density at radius 3 is 2.54 bits per heavy atom. The number of furan rings is 1. The predicted molar refractivity (Wildman–Crippen MR) is 109 cm³/mol. The van der Waals surface area contributed by atoms with Crippen LogP contribution >= 0.6 is 23.2 Å². The van der Waals surface area contributed by atoms with Crippen molar-refractivity contribution >= 4 is 46.4 Å². The number of hydrogen-bond acceptors (Lipinski definition) is 3. The molecule has 4 rings (SSSR count). The van der Waals surface area contributed by atoms with Crippen molar-refractivity contribution in [1.82, 2.24) is 0 Å². The summed E-state index contributed by atoms with van der Waals surface area (Å²) >= 11 is 12.3. The lowest BCUT2D eigenvalue weighted by molar-refractivity contribution is -0.117. The summed E-state index contributed by atoms with van der Waals surface area (Å²) in [7, 11) is 0. The van der Waals surface area contributed by atoms with E-state index in [1.165, 1.54) is 6.26 Å². The van der Waals surface area contributed by atoms with E-state index in [-0.39, 0.29) is 23.5 Å². The summed E-state index contributed by atoms with van der Waals surface area (Å²) in [6.07, 6.45) is 2.15. The first-order valence-electron chi connectivity index (χ1n) is 8.72. The lowest BCUT2D eigenvalue weighted by atomic mass is 10.1. The maximum Gasteiger partial charge on any atom is 0.291 e. The predicted octanol–water partition coefficient (Wildman–Crippen LogP) is 5.58. The number of hydrogen-bond donors (Lipinski definition) is 2. The Hall–Kier alpha value is -2.76. The third kappa shape index (κ3) is 3.91. The summed E-state index contributed by atoms with van der Waals surface area (Å²) in [6, 6.07) is 15.6. The molecule has 1 heterocycles. The molecule has 0 aliphatic heterocycles. The number of rotatable bonds is 5. The zero-order chi connectivity index (χ0) is 19.7. The molecule has 0 radical (unpaired) electrons. The molecule has 2 amide bonds. The van der Waals surface area contributed by atoms with E-state index in [1.807, 2.05) is 24.3 Å². The molecular formula is C21H16Cl2N2O3. The average Bonchev–Trinajstić information content (AvgIpc) is 3.27. The van der Waals surface area contributed by atoms with E-state index in [9.17, 15) is 9.59 Å². The van der Waals surface area contributed by atoms with E-state index in [0.29, 0.717) is 21.4 Å². The summed E-state index contributed by atoms with van der Waals surface area (Å²) in [5.74, 6) is -0.450. The number of carbonyl (C=O) groups excluding carboxylic acids is 2. The van der Waals surface area contributed by atoms with Crippen molar-refractivity contribution in [1.29, 1.82) is 0 Å². The molecule has 1 saturated carbocycles. The highest BCUT2D eigenvalue weighted by molar-refractivity contribution is 6.31. The molecule has 7 heteroatoms. The van der Waals surface area contributed by atoms with Crippen LogP contribution in [0.2, 0.25) is 10.0 Å². The average molecular weight is 415 g/mol. The second-order valence-corrected chi connectivity index (χ2v) is 7.42. The highest BCUT2D eigenvalue weighted by atomic mass is 35.5. The summed E-state index contributed by atoms with van der Waals surface area (Å²) in [5, 5.41) is 6.71. The molecule has 0 spiro atoms. The van der Waals surface area contributed by atoms with Crippen LogP contribution in [0.15, 0.2) is 65.3 Å². The summed E-state index contributed by atoms with van der Waals surface area (Å²) in [4.78, 5) is 25.0. The molecule has 2 N–H and O–H groups in total. The van der Waals surface area contributed by atoms with Gasteiger partial charge in [0.05, 0.1) is 17.6 Å². The number of benzene rings is 2. The van der Waals surface area contributed by atoms with Gasteiger partial charge in [-0.25, -0.2) is 0 Å². The molecule has 1 fully saturated rings. The van der Waals surface area contributed by atoms with Crippen LogP contribution in [0.25, 0.3) is 0 Å². The first-order valence-corrected chi connectivity index (χ1v) is 9.48. The number of halogens is 2. The monoisotopic (exact) mass is 414 g/mol. The minimum absolute atomic E-state index is 0.0992. The van der Waals surface area contributed by atoms with E-state index in [2.05, 4.69) is 10.6 Å². The fourth-order valence-electron chi connectivity index (χ4n) is 3.15. The van der Waals surface area contributed by atoms with Crippen LogP contribution in [0.3, 0.4) is 0 Å². The van der Waals surface area contributed by atoms with Gasteiger partial charge in [-0.3, -0.25) is 9.59 Å². The van der Waals surface area contributed by atoms with Crippen molar-refractivity contribution in [2.45, 2.75) is 12.3 Å². The first kappa shape index (κ1) is 18.6. The fraction of sp³-hybridized carbons (Fsp3) is 0.143. The van der Waals surface area contributed by atoms with E-state index < -0.39 is 5.91 Å². The largest absolute Gasteiger partial charge is 0.459 e. The van der Waals surface area contributed by atoms with Gasteiger partial charge in [-0.15, -0.1) is 0 Å². The Morgan fingerprint density at radius 1 is 0.964 bits per heavy atom. The van der Waals surface area contributed by atoms with E-state index >= 15 is 0 Å². The van der Waals surface area contributed by atoms with E-state index in [4.69, 9.17) is 27.6 Å². The number of carbonyl (C=O) groups is 2. The second-order valence-electron chi connectivity index (χ2n) is 6.58. The van der Waals surface area contributed by atoms with Gasteiger partial charge in [0.1, 0.15) is 0 Å². The molecule has 0 saturated heterocycles. The Bertz CT molecular complexity index is 1030. The lowest BCUT2D eigenvalue weighted by Crippen LogP contribution is -2.18. The SMILES string of the molecule is O=C(Nc1cc(Cl)ccc1NC(=O)C1CC1c1ccccc1Cl)c1ccco1. The smallest absolute Gasteiger partial charge is 0.291 e. The van der Waals surface area contributed by atoms with Gasteiger partial charge in [0, 0.05) is 16.0 Å². The van der Waals surface area contributed by atoms with E-state index in [0.717, 1.165) is 12.0 Å². The normalized spacial score (nSPS) is 17.8. The summed E-state index contributed by atoms with van der Waals surface area (Å²) < 4.78 is 5.10. The molecule has 0 bridgehead atoms. The number of anilines is 2. The molecule has 142 valence electrons. The van der Waals surface area contributed by atoms with Gasteiger partial charge < -0.3 is 15.1 Å². The zero-order valence-electron chi connectivity index (χ0n) is 14.6. The minimum atomic E-state index is -0.428. The Labute approximate surface area is 171 Å². The molecular weight excluding hydrogens is 399 g/mol. The van der Waals surface area contributed by atoms with Crippen LogP contribution in [-0.4, -0.2) is 11.8 Å². The minimum Gasteiger partial charge on any atom is -0.459 e. The van der Waals surface area contributed by atoms with Crippen molar-refractivity contribution in [3.63, 3.8) is 0 Å². The molecule has 1 aliphatic rings. The van der Waals surface area contributed by atoms with Crippen LogP contribution in [-0.2, 0) is 4.79 Å². The van der Waals surface area contributed by atoms with Gasteiger partial charge in [0.2, 0.25) is 5.91 Å². The Morgan fingerprint density at radius 2 is 1.79 bits per heavy atom. The van der Waals surface area contributed by atoms with Gasteiger partial charge in [0.25, 0.3) is 5.91 Å². The molecule has 2 unspecified atom stereocenters. The van der Waals surface area contributed by atoms with Crippen molar-refractivity contribution < 1.29 is 14.0 Å². The summed E-state index contributed by atoms with van der Waals surface area (Å²) in [6.45, 7) is 0. The molecule has 2 aromatic carbocycles. The van der Waals surface area contributed by atoms with Gasteiger partial charge in [0.15, 0.2) is 5.76 Å². The van der Waals surface area contributed by atoms with Gasteiger partial charge in [-0.2, -0.15) is 0 Å². The lowest BCUT2D eigenvalue weighted by Gasteiger charge is -2.12. The van der Waals surface area contributed by atoms with Crippen LogP contribution in [0.4, 0.5) is 11.4 Å². The Balaban J connectivity index is 1.48. The van der Waals surface area contributed by atoms with Crippen LogP contribution in [0.5, 0.6) is 0 Å². The topological polar surface area (TPSA) is 71.3 Å². The van der Waals surface area contributed by atoms with E-state index in [1.54, 1.807) is 30.3 Å². The standard InChI is InChI=1S/C21H16Cl2N2O3/c22-12-7-8-17(18(10-12)25-21(27)19-6-3-9-28-19)24-20(26)15-11-14(15)13-4-1-2-5-16(13)23/h1-10,14-15H,11H2,(H,24,26)(H,25,27). The molecule has 5 nitrogen and oxygen atoms in total.